The summed E-state index contributed by atoms with van der Waals surface area (Å²) in [5.74, 6) is 2.40. The maximum atomic E-state index is 13.9. The Bertz CT molecular complexity index is 1120. The molecule has 5 heteroatoms. The summed E-state index contributed by atoms with van der Waals surface area (Å²) >= 11 is 0. The van der Waals surface area contributed by atoms with E-state index in [1.54, 1.807) is 0 Å². The lowest BCUT2D eigenvalue weighted by Gasteiger charge is -2.25. The van der Waals surface area contributed by atoms with Crippen LogP contribution in [0.5, 0.6) is 0 Å². The van der Waals surface area contributed by atoms with Gasteiger partial charge in [-0.2, -0.15) is 0 Å². The minimum atomic E-state index is 0.111. The molecule has 0 aliphatic heterocycles. The molecule has 0 spiro atoms. The molecule has 1 amide bonds. The lowest BCUT2D eigenvalue weighted by atomic mass is 10.1. The number of carbonyl (C=O) groups is 1. The summed E-state index contributed by atoms with van der Waals surface area (Å²) in [5, 5.41) is 0. The molecule has 194 valence electrons. The quantitative estimate of drug-likeness (QED) is 0.252. The molecule has 1 saturated carbocycles. The number of imidazole rings is 1. The van der Waals surface area contributed by atoms with Crippen molar-refractivity contribution in [3.05, 3.63) is 65.5 Å². The van der Waals surface area contributed by atoms with E-state index in [2.05, 4.69) is 67.5 Å². The Balaban J connectivity index is 1.58. The minimum Gasteiger partial charge on any atom is -0.331 e. The average Bonchev–Trinajstić information content (AvgIpc) is 3.62. The molecular weight excluding hydrogens is 444 g/mol. The summed E-state index contributed by atoms with van der Waals surface area (Å²) in [7, 11) is 0. The van der Waals surface area contributed by atoms with Crippen molar-refractivity contribution >= 4 is 16.9 Å². The molecule has 1 fully saturated rings. The van der Waals surface area contributed by atoms with Gasteiger partial charge in [-0.3, -0.25) is 9.69 Å². The first kappa shape index (κ1) is 26.4. The van der Waals surface area contributed by atoms with Gasteiger partial charge in [0.05, 0.1) is 17.6 Å². The number of benzene rings is 2. The molecule has 0 unspecified atom stereocenters. The van der Waals surface area contributed by atoms with Crippen LogP contribution in [0.3, 0.4) is 0 Å². The van der Waals surface area contributed by atoms with Gasteiger partial charge >= 0.3 is 0 Å². The van der Waals surface area contributed by atoms with Gasteiger partial charge in [-0.25, -0.2) is 4.98 Å². The van der Waals surface area contributed by atoms with Gasteiger partial charge in [0.15, 0.2) is 0 Å². The summed E-state index contributed by atoms with van der Waals surface area (Å²) in [4.78, 5) is 23.4. The monoisotopic (exact) mass is 488 g/mol. The first-order chi connectivity index (χ1) is 17.5. The standard InChI is InChI=1S/C31H44N4O/c1-5-17-33(18-6-2)21-26-10-9-11-27(20-26)31(36)34(19-16-24(3)4)23-30-32-28-12-7-8-13-29(28)35(30)22-25-14-15-25/h7-13,20,24-25H,5-6,14-19,21-23H2,1-4H3. The molecule has 0 atom stereocenters. The van der Waals surface area contributed by atoms with Crippen LogP contribution < -0.4 is 0 Å². The lowest BCUT2D eigenvalue weighted by molar-refractivity contribution is 0.0729. The third-order valence-corrected chi connectivity index (χ3v) is 7.13. The van der Waals surface area contributed by atoms with Crippen molar-refractivity contribution in [1.29, 1.82) is 0 Å². The van der Waals surface area contributed by atoms with Gasteiger partial charge in [-0.15, -0.1) is 0 Å². The van der Waals surface area contributed by atoms with Gasteiger partial charge in [0.25, 0.3) is 5.91 Å². The summed E-state index contributed by atoms with van der Waals surface area (Å²) in [6.45, 7) is 14.3. The molecule has 0 N–H and O–H groups in total. The highest BCUT2D eigenvalue weighted by Crippen LogP contribution is 2.33. The molecule has 3 aromatic rings. The Morgan fingerprint density at radius 3 is 2.44 bits per heavy atom. The predicted octanol–water partition coefficient (Wildman–Crippen LogP) is 6.76. The summed E-state index contributed by atoms with van der Waals surface area (Å²) < 4.78 is 2.37. The molecule has 1 aromatic heterocycles. The number of hydrogen-bond acceptors (Lipinski definition) is 3. The first-order valence-electron chi connectivity index (χ1n) is 14.0. The second-order valence-corrected chi connectivity index (χ2v) is 11.0. The highest BCUT2D eigenvalue weighted by Gasteiger charge is 2.26. The van der Waals surface area contributed by atoms with Crippen LogP contribution in [0.25, 0.3) is 11.0 Å². The fourth-order valence-electron chi connectivity index (χ4n) is 4.99. The van der Waals surface area contributed by atoms with E-state index in [-0.39, 0.29) is 5.91 Å². The minimum absolute atomic E-state index is 0.111. The Morgan fingerprint density at radius 1 is 1.00 bits per heavy atom. The predicted molar refractivity (Wildman–Crippen MR) is 149 cm³/mol. The van der Waals surface area contributed by atoms with E-state index in [4.69, 9.17) is 4.98 Å². The van der Waals surface area contributed by atoms with Crippen molar-refractivity contribution in [3.63, 3.8) is 0 Å². The van der Waals surface area contributed by atoms with Gasteiger partial charge < -0.3 is 9.47 Å². The average molecular weight is 489 g/mol. The number of rotatable bonds is 14. The van der Waals surface area contributed by atoms with Crippen molar-refractivity contribution in [3.8, 4) is 0 Å². The van der Waals surface area contributed by atoms with Crippen molar-refractivity contribution in [2.45, 2.75) is 79.4 Å². The molecule has 1 aliphatic carbocycles. The van der Waals surface area contributed by atoms with Crippen LogP contribution in [-0.2, 0) is 19.6 Å². The summed E-state index contributed by atoms with van der Waals surface area (Å²) in [5.41, 5.74) is 4.21. The SMILES string of the molecule is CCCN(CCC)Cc1cccc(C(=O)N(CCC(C)C)Cc2nc3ccccc3n2CC2CC2)c1. The summed E-state index contributed by atoms with van der Waals surface area (Å²) in [6.07, 6.45) is 5.85. The maximum Gasteiger partial charge on any atom is 0.254 e. The molecular formula is C31H44N4O. The normalized spacial score (nSPS) is 13.7. The Morgan fingerprint density at radius 2 is 1.75 bits per heavy atom. The molecule has 1 heterocycles. The third kappa shape index (κ3) is 6.97. The van der Waals surface area contributed by atoms with Crippen molar-refractivity contribution in [2.24, 2.45) is 11.8 Å². The largest absolute Gasteiger partial charge is 0.331 e. The molecule has 0 saturated heterocycles. The van der Waals surface area contributed by atoms with Crippen LogP contribution in [0.4, 0.5) is 0 Å². The van der Waals surface area contributed by atoms with Crippen LogP contribution >= 0.6 is 0 Å². The highest BCUT2D eigenvalue weighted by atomic mass is 16.2. The first-order valence-corrected chi connectivity index (χ1v) is 14.0. The molecule has 0 bridgehead atoms. The van der Waals surface area contributed by atoms with Crippen molar-refractivity contribution in [2.75, 3.05) is 19.6 Å². The van der Waals surface area contributed by atoms with E-state index in [0.717, 1.165) is 74.8 Å². The van der Waals surface area contributed by atoms with E-state index in [1.807, 2.05) is 23.1 Å². The van der Waals surface area contributed by atoms with Crippen molar-refractivity contribution < 1.29 is 4.79 Å². The van der Waals surface area contributed by atoms with Gasteiger partial charge in [0.1, 0.15) is 5.82 Å². The number of aromatic nitrogens is 2. The van der Waals surface area contributed by atoms with E-state index < -0.39 is 0 Å². The van der Waals surface area contributed by atoms with Crippen molar-refractivity contribution in [1.82, 2.24) is 19.4 Å². The number of fused-ring (bicyclic) bond motifs is 1. The molecule has 4 rings (SSSR count). The Kier molecular flexibility index (Phi) is 9.19. The fraction of sp³-hybridized carbons (Fsp3) is 0.548. The van der Waals surface area contributed by atoms with Crippen LogP contribution in [0.2, 0.25) is 0 Å². The highest BCUT2D eigenvalue weighted by molar-refractivity contribution is 5.94. The molecule has 1 aliphatic rings. The zero-order valence-corrected chi connectivity index (χ0v) is 22.7. The zero-order valence-electron chi connectivity index (χ0n) is 22.7. The molecule has 36 heavy (non-hydrogen) atoms. The number of nitrogens with zero attached hydrogens (tertiary/aromatic N) is 4. The van der Waals surface area contributed by atoms with E-state index in [9.17, 15) is 4.79 Å². The summed E-state index contributed by atoms with van der Waals surface area (Å²) in [6, 6.07) is 16.7. The zero-order chi connectivity index (χ0) is 25.5. The van der Waals surface area contributed by atoms with Crippen LogP contribution in [-0.4, -0.2) is 44.9 Å². The fourth-order valence-corrected chi connectivity index (χ4v) is 4.99. The van der Waals surface area contributed by atoms with E-state index in [1.165, 1.54) is 23.9 Å². The molecule has 0 radical (unpaired) electrons. The van der Waals surface area contributed by atoms with Gasteiger partial charge in [-0.05, 0) is 86.9 Å². The topological polar surface area (TPSA) is 41.4 Å². The van der Waals surface area contributed by atoms with E-state index in [0.29, 0.717) is 12.5 Å². The Hall–Kier alpha value is -2.66. The number of para-hydroxylation sites is 2. The number of amides is 1. The smallest absolute Gasteiger partial charge is 0.254 e. The lowest BCUT2D eigenvalue weighted by Crippen LogP contribution is -2.33. The van der Waals surface area contributed by atoms with Crippen LogP contribution in [0, 0.1) is 11.8 Å². The maximum absolute atomic E-state index is 13.9. The molecule has 5 nitrogen and oxygen atoms in total. The van der Waals surface area contributed by atoms with E-state index >= 15 is 0 Å². The van der Waals surface area contributed by atoms with Gasteiger partial charge in [0, 0.05) is 25.2 Å². The second kappa shape index (κ2) is 12.5. The van der Waals surface area contributed by atoms with Crippen LogP contribution in [0.15, 0.2) is 48.5 Å². The molecule has 2 aromatic carbocycles. The Labute approximate surface area is 217 Å². The van der Waals surface area contributed by atoms with Gasteiger partial charge in [-0.1, -0.05) is 52.0 Å². The second-order valence-electron chi connectivity index (χ2n) is 11.0. The number of hydrogen-bond donors (Lipinski definition) is 0. The third-order valence-electron chi connectivity index (χ3n) is 7.13. The number of carbonyl (C=O) groups excluding carboxylic acids is 1. The van der Waals surface area contributed by atoms with Crippen LogP contribution in [0.1, 0.15) is 81.5 Å². The van der Waals surface area contributed by atoms with Gasteiger partial charge in [0.2, 0.25) is 0 Å².